The first-order valence-corrected chi connectivity index (χ1v) is 5.92. The monoisotopic (exact) mass is 246 g/mol. The number of nitrogens with two attached hydrogens (primary N) is 1. The molecule has 94 valence electrons. The van der Waals surface area contributed by atoms with Crippen LogP contribution >= 0.6 is 0 Å². The van der Waals surface area contributed by atoms with E-state index in [9.17, 15) is 0 Å². The molecule has 0 radical (unpaired) electrons. The first-order chi connectivity index (χ1) is 8.86. The molecule has 1 aromatic heterocycles. The van der Waals surface area contributed by atoms with Crippen LogP contribution in [0.25, 0.3) is 11.3 Å². The zero-order valence-corrected chi connectivity index (χ0v) is 9.89. The summed E-state index contributed by atoms with van der Waals surface area (Å²) in [4.78, 5) is 0. The summed E-state index contributed by atoms with van der Waals surface area (Å²) in [5.41, 5.74) is 7.27. The lowest BCUT2D eigenvalue weighted by Crippen LogP contribution is -2.15. The summed E-state index contributed by atoms with van der Waals surface area (Å²) in [5.74, 6) is 2.23. The Morgan fingerprint density at radius 1 is 1.11 bits per heavy atom. The van der Waals surface area contributed by atoms with Crippen LogP contribution in [0.5, 0.6) is 11.5 Å². The number of hydrogen-bond acceptors (Lipinski definition) is 5. The van der Waals surface area contributed by atoms with E-state index in [1.165, 1.54) is 0 Å². The van der Waals surface area contributed by atoms with Gasteiger partial charge in [0.25, 0.3) is 0 Å². The van der Waals surface area contributed by atoms with Gasteiger partial charge in [-0.25, -0.2) is 0 Å². The van der Waals surface area contributed by atoms with Gasteiger partial charge in [-0.3, -0.25) is 0 Å². The van der Waals surface area contributed by atoms with Gasteiger partial charge in [0.05, 0.1) is 5.69 Å². The van der Waals surface area contributed by atoms with Gasteiger partial charge < -0.3 is 19.7 Å². The number of hydrogen-bond donors (Lipinski definition) is 1. The Bertz CT molecular complexity index is 551. The smallest absolute Gasteiger partial charge is 0.167 e. The van der Waals surface area contributed by atoms with E-state index >= 15 is 0 Å². The number of rotatable bonds is 3. The number of nitrogens with zero attached hydrogens (tertiary/aromatic N) is 1. The average molecular weight is 246 g/mol. The van der Waals surface area contributed by atoms with Crippen LogP contribution in [0.15, 0.2) is 28.8 Å². The molecule has 3 rings (SSSR count). The molecule has 18 heavy (non-hydrogen) atoms. The normalized spacial score (nSPS) is 13.6. The van der Waals surface area contributed by atoms with Crippen molar-refractivity contribution in [2.24, 2.45) is 5.73 Å². The molecule has 0 spiro atoms. The maximum Gasteiger partial charge on any atom is 0.167 e. The number of benzene rings is 1. The maximum absolute atomic E-state index is 5.53. The molecule has 0 bridgehead atoms. The molecular weight excluding hydrogens is 232 g/mol. The van der Waals surface area contributed by atoms with Gasteiger partial charge in [-0.05, 0) is 24.7 Å². The molecule has 2 N–H and O–H groups in total. The van der Waals surface area contributed by atoms with Gasteiger partial charge in [-0.1, -0.05) is 5.16 Å². The highest BCUT2D eigenvalue weighted by Gasteiger charge is 2.14. The summed E-state index contributed by atoms with van der Waals surface area (Å²) >= 11 is 0. The molecule has 0 saturated heterocycles. The van der Waals surface area contributed by atoms with Crippen molar-refractivity contribution < 1.29 is 14.0 Å². The van der Waals surface area contributed by atoms with Crippen LogP contribution in [0.2, 0.25) is 0 Å². The Balaban J connectivity index is 1.91. The molecule has 5 heteroatoms. The van der Waals surface area contributed by atoms with Crippen molar-refractivity contribution in [3.8, 4) is 22.8 Å². The number of ether oxygens (including phenoxy) is 2. The van der Waals surface area contributed by atoms with E-state index < -0.39 is 0 Å². The van der Waals surface area contributed by atoms with E-state index in [-0.39, 0.29) is 0 Å². The van der Waals surface area contributed by atoms with Crippen molar-refractivity contribution in [2.75, 3.05) is 19.8 Å². The minimum Gasteiger partial charge on any atom is -0.486 e. The quantitative estimate of drug-likeness (QED) is 0.891. The lowest BCUT2D eigenvalue weighted by Gasteiger charge is -2.18. The fourth-order valence-corrected chi connectivity index (χ4v) is 1.91. The Labute approximate surface area is 104 Å². The summed E-state index contributed by atoms with van der Waals surface area (Å²) in [7, 11) is 0. The summed E-state index contributed by atoms with van der Waals surface area (Å²) < 4.78 is 16.3. The molecule has 0 aliphatic carbocycles. The van der Waals surface area contributed by atoms with Crippen LogP contribution < -0.4 is 15.2 Å². The summed E-state index contributed by atoms with van der Waals surface area (Å²) in [6.45, 7) is 1.73. The van der Waals surface area contributed by atoms with Crippen LogP contribution in [0.1, 0.15) is 5.69 Å². The molecule has 0 unspecified atom stereocenters. The van der Waals surface area contributed by atoms with Gasteiger partial charge in [0.1, 0.15) is 13.2 Å². The topological polar surface area (TPSA) is 70.5 Å². The van der Waals surface area contributed by atoms with Gasteiger partial charge in [0, 0.05) is 18.1 Å². The predicted molar refractivity (Wildman–Crippen MR) is 65.7 cm³/mol. The maximum atomic E-state index is 5.53. The first kappa shape index (κ1) is 11.1. The van der Waals surface area contributed by atoms with E-state index in [1.807, 2.05) is 24.3 Å². The molecular formula is C13H14N2O3. The third-order valence-electron chi connectivity index (χ3n) is 2.79. The fourth-order valence-electron chi connectivity index (χ4n) is 1.91. The molecule has 1 aliphatic heterocycles. The highest BCUT2D eigenvalue weighted by atomic mass is 16.6. The summed E-state index contributed by atoms with van der Waals surface area (Å²) in [6, 6.07) is 7.62. The third-order valence-corrected chi connectivity index (χ3v) is 2.79. The van der Waals surface area contributed by atoms with Gasteiger partial charge in [0.2, 0.25) is 0 Å². The van der Waals surface area contributed by atoms with Crippen molar-refractivity contribution in [3.63, 3.8) is 0 Å². The second-order valence-electron chi connectivity index (χ2n) is 4.08. The molecule has 2 aromatic rings. The molecule has 5 nitrogen and oxygen atoms in total. The number of aromatic nitrogens is 1. The minimum absolute atomic E-state index is 0.563. The predicted octanol–water partition coefficient (Wildman–Crippen LogP) is 1.61. The largest absolute Gasteiger partial charge is 0.486 e. The number of fused-ring (bicyclic) bond motifs is 1. The van der Waals surface area contributed by atoms with Crippen molar-refractivity contribution in [1.82, 2.24) is 5.16 Å². The molecule has 0 saturated carbocycles. The zero-order valence-electron chi connectivity index (χ0n) is 9.89. The SMILES string of the molecule is NCCc1cc(-c2ccc3c(c2)OCCO3)on1. The fraction of sp³-hybridized carbons (Fsp3) is 0.308. The summed E-state index contributed by atoms with van der Waals surface area (Å²) in [5, 5.41) is 3.97. The molecule has 1 aromatic carbocycles. The highest BCUT2D eigenvalue weighted by Crippen LogP contribution is 2.34. The van der Waals surface area contributed by atoms with Crippen LogP contribution in [-0.4, -0.2) is 24.9 Å². The standard InChI is InChI=1S/C13H14N2O3/c14-4-3-10-8-12(18-15-10)9-1-2-11-13(7-9)17-6-5-16-11/h1-2,7-8H,3-6,14H2. The van der Waals surface area contributed by atoms with Gasteiger partial charge in [-0.2, -0.15) is 0 Å². The van der Waals surface area contributed by atoms with Crippen molar-refractivity contribution >= 4 is 0 Å². The van der Waals surface area contributed by atoms with E-state index in [0.29, 0.717) is 26.2 Å². The van der Waals surface area contributed by atoms with E-state index in [4.69, 9.17) is 19.7 Å². The molecule has 2 heterocycles. The van der Waals surface area contributed by atoms with Crippen molar-refractivity contribution in [3.05, 3.63) is 30.0 Å². The van der Waals surface area contributed by atoms with Crippen LogP contribution in [0.3, 0.4) is 0 Å². The Morgan fingerprint density at radius 2 is 1.94 bits per heavy atom. The molecule has 1 aliphatic rings. The van der Waals surface area contributed by atoms with E-state index in [1.54, 1.807) is 0 Å². The van der Waals surface area contributed by atoms with E-state index in [2.05, 4.69) is 5.16 Å². The minimum atomic E-state index is 0.563. The van der Waals surface area contributed by atoms with Crippen molar-refractivity contribution in [2.45, 2.75) is 6.42 Å². The molecule has 0 amide bonds. The molecule has 0 fully saturated rings. The summed E-state index contributed by atoms with van der Waals surface area (Å²) in [6.07, 6.45) is 0.716. The second kappa shape index (κ2) is 4.70. The Kier molecular flexibility index (Phi) is 2.90. The van der Waals surface area contributed by atoms with Gasteiger partial charge in [0.15, 0.2) is 17.3 Å². The van der Waals surface area contributed by atoms with Crippen molar-refractivity contribution in [1.29, 1.82) is 0 Å². The lowest BCUT2D eigenvalue weighted by atomic mass is 10.1. The Hall–Kier alpha value is -2.01. The Morgan fingerprint density at radius 3 is 2.78 bits per heavy atom. The van der Waals surface area contributed by atoms with Gasteiger partial charge >= 0.3 is 0 Å². The highest BCUT2D eigenvalue weighted by molar-refractivity contribution is 5.63. The van der Waals surface area contributed by atoms with E-state index in [0.717, 1.165) is 28.5 Å². The zero-order chi connectivity index (χ0) is 12.4. The second-order valence-corrected chi connectivity index (χ2v) is 4.08. The first-order valence-electron chi connectivity index (χ1n) is 5.92. The van der Waals surface area contributed by atoms with Gasteiger partial charge in [-0.15, -0.1) is 0 Å². The van der Waals surface area contributed by atoms with Crippen LogP contribution in [0.4, 0.5) is 0 Å². The average Bonchev–Trinajstić information content (AvgIpc) is 2.87. The third kappa shape index (κ3) is 2.04. The van der Waals surface area contributed by atoms with Crippen LogP contribution in [-0.2, 0) is 6.42 Å². The van der Waals surface area contributed by atoms with Crippen LogP contribution in [0, 0.1) is 0 Å². The molecule has 0 atom stereocenters. The lowest BCUT2D eigenvalue weighted by molar-refractivity contribution is 0.171.